The van der Waals surface area contributed by atoms with Crippen LogP contribution in [0.5, 0.6) is 0 Å². The van der Waals surface area contributed by atoms with Gasteiger partial charge in [0, 0.05) is 6.04 Å². The van der Waals surface area contributed by atoms with Gasteiger partial charge in [-0.25, -0.2) is 4.39 Å². The van der Waals surface area contributed by atoms with Crippen molar-refractivity contribution in [2.24, 2.45) is 5.92 Å². The van der Waals surface area contributed by atoms with Crippen LogP contribution < -0.4 is 5.32 Å². The fourth-order valence-electron chi connectivity index (χ4n) is 1.33. The van der Waals surface area contributed by atoms with Gasteiger partial charge in [-0.3, -0.25) is 0 Å². The maximum absolute atomic E-state index is 12.6. The average Bonchev–Trinajstić information content (AvgIpc) is 2.69. The fourth-order valence-corrected chi connectivity index (χ4v) is 1.33. The number of hydrogen-bond acceptors (Lipinski definition) is 1. The van der Waals surface area contributed by atoms with E-state index in [1.54, 1.807) is 0 Å². The van der Waals surface area contributed by atoms with Crippen molar-refractivity contribution in [3.05, 3.63) is 0 Å². The predicted octanol–water partition coefficient (Wildman–Crippen LogP) is 1.49. The fraction of sp³-hybridized carbons (Fsp3) is 1.00. The number of hydrogen-bond donors (Lipinski definition) is 1. The molecule has 2 heteroatoms. The summed E-state index contributed by atoms with van der Waals surface area (Å²) < 4.78 is 12.6. The molecule has 0 aromatic rings. The molecule has 0 amide bonds. The van der Waals surface area contributed by atoms with Crippen LogP contribution in [0.4, 0.5) is 4.39 Å². The standard InChI is InChI=1S/C8H14FN/c9-7-3-4-8(7)10-5-6-1-2-6/h6-8,10H,1-5H2. The van der Waals surface area contributed by atoms with E-state index < -0.39 is 6.17 Å². The average molecular weight is 143 g/mol. The van der Waals surface area contributed by atoms with Crippen LogP contribution in [0.2, 0.25) is 0 Å². The molecule has 1 N–H and O–H groups in total. The Labute approximate surface area is 61.0 Å². The molecule has 0 heterocycles. The van der Waals surface area contributed by atoms with Crippen LogP contribution in [0, 0.1) is 5.92 Å². The monoisotopic (exact) mass is 143 g/mol. The summed E-state index contributed by atoms with van der Waals surface area (Å²) in [6, 6.07) is 0.209. The Morgan fingerprint density at radius 3 is 2.40 bits per heavy atom. The Morgan fingerprint density at radius 2 is 2.00 bits per heavy atom. The van der Waals surface area contributed by atoms with Crippen LogP contribution in [-0.2, 0) is 0 Å². The van der Waals surface area contributed by atoms with Crippen LogP contribution >= 0.6 is 0 Å². The second kappa shape index (κ2) is 2.50. The van der Waals surface area contributed by atoms with Crippen molar-refractivity contribution in [1.82, 2.24) is 5.32 Å². The highest BCUT2D eigenvalue weighted by atomic mass is 19.1. The van der Waals surface area contributed by atoms with Crippen molar-refractivity contribution in [3.63, 3.8) is 0 Å². The molecule has 0 aromatic carbocycles. The van der Waals surface area contributed by atoms with Crippen molar-refractivity contribution in [2.75, 3.05) is 6.54 Å². The smallest absolute Gasteiger partial charge is 0.115 e. The van der Waals surface area contributed by atoms with Crippen LogP contribution in [0.15, 0.2) is 0 Å². The Balaban J connectivity index is 1.60. The zero-order valence-corrected chi connectivity index (χ0v) is 6.15. The molecule has 0 saturated heterocycles. The van der Waals surface area contributed by atoms with Gasteiger partial charge in [0.25, 0.3) is 0 Å². The van der Waals surface area contributed by atoms with Crippen LogP contribution in [0.3, 0.4) is 0 Å². The highest BCUT2D eigenvalue weighted by Gasteiger charge is 2.31. The van der Waals surface area contributed by atoms with Crippen molar-refractivity contribution < 1.29 is 4.39 Å². The maximum atomic E-state index is 12.6. The van der Waals surface area contributed by atoms with E-state index >= 15 is 0 Å². The third-order valence-electron chi connectivity index (χ3n) is 2.56. The van der Waals surface area contributed by atoms with E-state index in [0.717, 1.165) is 25.3 Å². The van der Waals surface area contributed by atoms with E-state index in [-0.39, 0.29) is 6.04 Å². The van der Waals surface area contributed by atoms with Gasteiger partial charge in [0.05, 0.1) is 0 Å². The third-order valence-corrected chi connectivity index (χ3v) is 2.56. The highest BCUT2D eigenvalue weighted by Crippen LogP contribution is 2.29. The van der Waals surface area contributed by atoms with Gasteiger partial charge in [0.15, 0.2) is 0 Å². The highest BCUT2D eigenvalue weighted by molar-refractivity contribution is 4.88. The molecule has 2 saturated carbocycles. The quantitative estimate of drug-likeness (QED) is 0.631. The number of nitrogens with one attached hydrogen (secondary N) is 1. The molecule has 2 fully saturated rings. The van der Waals surface area contributed by atoms with E-state index in [1.807, 2.05) is 0 Å². The number of halogens is 1. The largest absolute Gasteiger partial charge is 0.311 e. The molecular formula is C8H14FN. The van der Waals surface area contributed by atoms with Gasteiger partial charge in [0.1, 0.15) is 6.17 Å². The minimum absolute atomic E-state index is 0.209. The summed E-state index contributed by atoms with van der Waals surface area (Å²) in [4.78, 5) is 0. The molecule has 0 spiro atoms. The molecule has 0 aromatic heterocycles. The van der Waals surface area contributed by atoms with Crippen molar-refractivity contribution >= 4 is 0 Å². The van der Waals surface area contributed by atoms with Gasteiger partial charge in [-0.2, -0.15) is 0 Å². The van der Waals surface area contributed by atoms with Crippen molar-refractivity contribution in [3.8, 4) is 0 Å². The van der Waals surface area contributed by atoms with Gasteiger partial charge in [-0.1, -0.05) is 0 Å². The lowest BCUT2D eigenvalue weighted by Crippen LogP contribution is -2.46. The molecule has 0 bridgehead atoms. The van der Waals surface area contributed by atoms with Gasteiger partial charge in [0.2, 0.25) is 0 Å². The Bertz CT molecular complexity index is 122. The molecule has 2 unspecified atom stereocenters. The van der Waals surface area contributed by atoms with E-state index in [1.165, 1.54) is 12.8 Å². The SMILES string of the molecule is FC1CCC1NCC1CC1. The van der Waals surface area contributed by atoms with Gasteiger partial charge >= 0.3 is 0 Å². The molecule has 2 aliphatic carbocycles. The molecule has 10 heavy (non-hydrogen) atoms. The van der Waals surface area contributed by atoms with E-state index in [0.29, 0.717) is 0 Å². The zero-order valence-electron chi connectivity index (χ0n) is 6.15. The molecule has 0 radical (unpaired) electrons. The maximum Gasteiger partial charge on any atom is 0.115 e. The zero-order chi connectivity index (χ0) is 6.97. The summed E-state index contributed by atoms with van der Waals surface area (Å²) in [6.45, 7) is 1.06. The third kappa shape index (κ3) is 1.31. The molecular weight excluding hydrogens is 129 g/mol. The minimum Gasteiger partial charge on any atom is -0.311 e. The number of rotatable bonds is 3. The van der Waals surface area contributed by atoms with Crippen molar-refractivity contribution in [2.45, 2.75) is 37.9 Å². The summed E-state index contributed by atoms with van der Waals surface area (Å²) >= 11 is 0. The topological polar surface area (TPSA) is 12.0 Å². The number of alkyl halides is 1. The molecule has 2 rings (SSSR count). The second-order valence-electron chi connectivity index (χ2n) is 3.55. The summed E-state index contributed by atoms with van der Waals surface area (Å²) in [5, 5.41) is 3.26. The van der Waals surface area contributed by atoms with Gasteiger partial charge in [-0.15, -0.1) is 0 Å². The Kier molecular flexibility index (Phi) is 1.65. The summed E-state index contributed by atoms with van der Waals surface area (Å²) in [6.07, 6.45) is 4.00. The Morgan fingerprint density at radius 1 is 1.20 bits per heavy atom. The van der Waals surface area contributed by atoms with E-state index in [2.05, 4.69) is 5.32 Å². The first-order chi connectivity index (χ1) is 4.86. The minimum atomic E-state index is -0.543. The molecule has 0 aliphatic heterocycles. The first kappa shape index (κ1) is 6.59. The van der Waals surface area contributed by atoms with Crippen molar-refractivity contribution in [1.29, 1.82) is 0 Å². The van der Waals surface area contributed by atoms with E-state index in [9.17, 15) is 4.39 Å². The van der Waals surface area contributed by atoms with Gasteiger partial charge in [-0.05, 0) is 38.1 Å². The molecule has 2 aliphatic rings. The van der Waals surface area contributed by atoms with Crippen LogP contribution in [0.1, 0.15) is 25.7 Å². The lowest BCUT2D eigenvalue weighted by Gasteiger charge is -2.31. The first-order valence-corrected chi connectivity index (χ1v) is 4.24. The van der Waals surface area contributed by atoms with Gasteiger partial charge < -0.3 is 5.32 Å². The van der Waals surface area contributed by atoms with Crippen LogP contribution in [0.25, 0.3) is 0 Å². The van der Waals surface area contributed by atoms with Crippen LogP contribution in [-0.4, -0.2) is 18.8 Å². The predicted molar refractivity (Wildman–Crippen MR) is 38.6 cm³/mol. The molecule has 1 nitrogen and oxygen atoms in total. The summed E-state index contributed by atoms with van der Waals surface area (Å²) in [7, 11) is 0. The lowest BCUT2D eigenvalue weighted by atomic mass is 9.90. The normalized spacial score (nSPS) is 39.3. The first-order valence-electron chi connectivity index (χ1n) is 4.24. The molecule has 2 atom stereocenters. The second-order valence-corrected chi connectivity index (χ2v) is 3.55. The summed E-state index contributed by atoms with van der Waals surface area (Å²) in [5.74, 6) is 0.882. The lowest BCUT2D eigenvalue weighted by molar-refractivity contribution is 0.142. The molecule has 58 valence electrons. The summed E-state index contributed by atoms with van der Waals surface area (Å²) in [5.41, 5.74) is 0. The Hall–Kier alpha value is -0.110. The van der Waals surface area contributed by atoms with E-state index in [4.69, 9.17) is 0 Å².